The fraction of sp³-hybridized carbons (Fsp3) is 0.333. The third-order valence-electron chi connectivity index (χ3n) is 4.10. The highest BCUT2D eigenvalue weighted by Gasteiger charge is 2.19. The van der Waals surface area contributed by atoms with Crippen molar-refractivity contribution in [2.24, 2.45) is 5.92 Å². The van der Waals surface area contributed by atoms with Crippen molar-refractivity contribution in [3.05, 3.63) is 65.2 Å². The van der Waals surface area contributed by atoms with E-state index in [0.717, 1.165) is 11.1 Å². The molecule has 2 N–H and O–H groups in total. The van der Waals surface area contributed by atoms with Gasteiger partial charge in [-0.2, -0.15) is 0 Å². The van der Waals surface area contributed by atoms with Gasteiger partial charge in [0.05, 0.1) is 12.5 Å². The third-order valence-corrected chi connectivity index (χ3v) is 4.10. The molecule has 0 saturated carbocycles. The van der Waals surface area contributed by atoms with Crippen LogP contribution in [-0.4, -0.2) is 43.9 Å². The molecule has 27 heavy (non-hydrogen) atoms. The minimum absolute atomic E-state index is 0.0637. The Hall–Kier alpha value is -2.86. The third kappa shape index (κ3) is 6.75. The van der Waals surface area contributed by atoms with Crippen LogP contribution in [0.15, 0.2) is 48.5 Å². The summed E-state index contributed by atoms with van der Waals surface area (Å²) >= 11 is 0. The first-order chi connectivity index (χ1) is 13.0. The monoisotopic (exact) mass is 371 g/mol. The SMILES string of the molecule is COCCOc1ccc(C(=O)NCC(Cc2cccc(C)c2)C(=O)O)cc1. The van der Waals surface area contributed by atoms with Crippen molar-refractivity contribution in [3.8, 4) is 5.75 Å². The van der Waals surface area contributed by atoms with Crippen LogP contribution in [0.4, 0.5) is 0 Å². The van der Waals surface area contributed by atoms with Crippen LogP contribution in [0.3, 0.4) is 0 Å². The first-order valence-electron chi connectivity index (χ1n) is 8.78. The Morgan fingerprint density at radius 3 is 2.48 bits per heavy atom. The molecule has 0 aliphatic carbocycles. The zero-order valence-electron chi connectivity index (χ0n) is 15.6. The Bertz CT molecular complexity index is 757. The molecule has 6 nitrogen and oxygen atoms in total. The molecule has 0 radical (unpaired) electrons. The van der Waals surface area contributed by atoms with E-state index in [4.69, 9.17) is 9.47 Å². The zero-order valence-corrected chi connectivity index (χ0v) is 15.6. The van der Waals surface area contributed by atoms with Crippen molar-refractivity contribution in [1.29, 1.82) is 0 Å². The second kappa shape index (κ2) is 10.3. The van der Waals surface area contributed by atoms with E-state index in [1.165, 1.54) is 0 Å². The predicted octanol–water partition coefficient (Wildman–Crippen LogP) is 2.69. The highest BCUT2D eigenvalue weighted by atomic mass is 16.5. The molecule has 0 aliphatic heterocycles. The number of hydrogen-bond acceptors (Lipinski definition) is 4. The Balaban J connectivity index is 1.90. The summed E-state index contributed by atoms with van der Waals surface area (Å²) in [4.78, 5) is 23.8. The molecular formula is C21H25NO5. The van der Waals surface area contributed by atoms with Gasteiger partial charge in [0.25, 0.3) is 5.91 Å². The number of benzene rings is 2. The second-order valence-corrected chi connectivity index (χ2v) is 6.30. The molecule has 0 saturated heterocycles. The minimum Gasteiger partial charge on any atom is -0.491 e. The summed E-state index contributed by atoms with van der Waals surface area (Å²) in [6, 6.07) is 14.4. The van der Waals surface area contributed by atoms with Crippen LogP contribution in [0.5, 0.6) is 5.75 Å². The lowest BCUT2D eigenvalue weighted by molar-refractivity contribution is -0.141. The molecule has 6 heteroatoms. The highest BCUT2D eigenvalue weighted by molar-refractivity contribution is 5.94. The van der Waals surface area contributed by atoms with E-state index in [9.17, 15) is 14.7 Å². The van der Waals surface area contributed by atoms with Gasteiger partial charge in [-0.15, -0.1) is 0 Å². The molecule has 2 aromatic carbocycles. The first kappa shape index (κ1) is 20.5. The maximum absolute atomic E-state index is 12.3. The number of methoxy groups -OCH3 is 1. The van der Waals surface area contributed by atoms with Crippen molar-refractivity contribution in [2.45, 2.75) is 13.3 Å². The predicted molar refractivity (Wildman–Crippen MR) is 102 cm³/mol. The summed E-state index contributed by atoms with van der Waals surface area (Å²) in [5, 5.41) is 12.2. The first-order valence-corrected chi connectivity index (χ1v) is 8.78. The Morgan fingerprint density at radius 2 is 1.85 bits per heavy atom. The fourth-order valence-electron chi connectivity index (χ4n) is 2.63. The molecule has 0 bridgehead atoms. The number of carbonyl (C=O) groups is 2. The van der Waals surface area contributed by atoms with Gasteiger partial charge in [-0.25, -0.2) is 0 Å². The Morgan fingerprint density at radius 1 is 1.11 bits per heavy atom. The summed E-state index contributed by atoms with van der Waals surface area (Å²) in [5.41, 5.74) is 2.47. The topological polar surface area (TPSA) is 84.9 Å². The molecular weight excluding hydrogens is 346 g/mol. The molecule has 0 spiro atoms. The van der Waals surface area contributed by atoms with Crippen molar-refractivity contribution in [2.75, 3.05) is 26.9 Å². The number of rotatable bonds is 10. The average molecular weight is 371 g/mol. The lowest BCUT2D eigenvalue weighted by Crippen LogP contribution is -2.34. The van der Waals surface area contributed by atoms with Crippen LogP contribution in [-0.2, 0) is 16.0 Å². The second-order valence-electron chi connectivity index (χ2n) is 6.30. The zero-order chi connectivity index (χ0) is 19.6. The maximum Gasteiger partial charge on any atom is 0.308 e. The number of nitrogens with one attached hydrogen (secondary N) is 1. The molecule has 0 aliphatic rings. The number of aryl methyl sites for hydroxylation is 1. The lowest BCUT2D eigenvalue weighted by Gasteiger charge is -2.14. The molecule has 2 aromatic rings. The van der Waals surface area contributed by atoms with Crippen LogP contribution in [0.25, 0.3) is 0 Å². The molecule has 2 rings (SSSR count). The summed E-state index contributed by atoms with van der Waals surface area (Å²) in [6.07, 6.45) is 0.365. The normalized spacial score (nSPS) is 11.6. The van der Waals surface area contributed by atoms with E-state index in [1.807, 2.05) is 31.2 Å². The summed E-state index contributed by atoms with van der Waals surface area (Å²) in [7, 11) is 1.60. The molecule has 1 unspecified atom stereocenters. The lowest BCUT2D eigenvalue weighted by atomic mass is 9.98. The van der Waals surface area contributed by atoms with E-state index < -0.39 is 11.9 Å². The van der Waals surface area contributed by atoms with Crippen molar-refractivity contribution < 1.29 is 24.2 Å². The smallest absolute Gasteiger partial charge is 0.308 e. The summed E-state index contributed by atoms with van der Waals surface area (Å²) < 4.78 is 10.4. The van der Waals surface area contributed by atoms with E-state index in [1.54, 1.807) is 31.4 Å². The van der Waals surface area contributed by atoms with E-state index >= 15 is 0 Å². The number of amides is 1. The number of carboxylic acids is 1. The molecule has 0 fully saturated rings. The van der Waals surface area contributed by atoms with Gasteiger partial charge in [-0.05, 0) is 43.2 Å². The molecule has 1 amide bonds. The number of hydrogen-bond donors (Lipinski definition) is 2. The van der Waals surface area contributed by atoms with Crippen molar-refractivity contribution >= 4 is 11.9 Å². The van der Waals surface area contributed by atoms with Crippen LogP contribution in [0, 0.1) is 12.8 Å². The quantitative estimate of drug-likeness (QED) is 0.627. The summed E-state index contributed by atoms with van der Waals surface area (Å²) in [5.74, 6) is -1.29. The summed E-state index contributed by atoms with van der Waals surface area (Å²) in [6.45, 7) is 2.94. The Labute approximate surface area is 159 Å². The van der Waals surface area contributed by atoms with Gasteiger partial charge in [-0.1, -0.05) is 29.8 Å². The van der Waals surface area contributed by atoms with E-state index in [2.05, 4.69) is 5.32 Å². The largest absolute Gasteiger partial charge is 0.491 e. The number of carbonyl (C=O) groups excluding carboxylic acids is 1. The van der Waals surface area contributed by atoms with Gasteiger partial charge >= 0.3 is 5.97 Å². The highest BCUT2D eigenvalue weighted by Crippen LogP contribution is 2.13. The maximum atomic E-state index is 12.3. The van der Waals surface area contributed by atoms with E-state index in [0.29, 0.717) is 30.9 Å². The number of ether oxygens (including phenoxy) is 2. The minimum atomic E-state index is -0.932. The average Bonchev–Trinajstić information content (AvgIpc) is 2.65. The van der Waals surface area contributed by atoms with Gasteiger partial charge in [-0.3, -0.25) is 9.59 Å². The van der Waals surface area contributed by atoms with Gasteiger partial charge < -0.3 is 19.9 Å². The molecule has 0 heterocycles. The van der Waals surface area contributed by atoms with Crippen LogP contribution >= 0.6 is 0 Å². The number of aliphatic carboxylic acids is 1. The van der Waals surface area contributed by atoms with Gasteiger partial charge in [0.15, 0.2) is 0 Å². The van der Waals surface area contributed by atoms with Gasteiger partial charge in [0.2, 0.25) is 0 Å². The van der Waals surface area contributed by atoms with Crippen LogP contribution in [0.1, 0.15) is 21.5 Å². The van der Waals surface area contributed by atoms with Crippen LogP contribution in [0.2, 0.25) is 0 Å². The molecule has 1 atom stereocenters. The molecule has 0 aromatic heterocycles. The van der Waals surface area contributed by atoms with E-state index in [-0.39, 0.29) is 12.5 Å². The van der Waals surface area contributed by atoms with Gasteiger partial charge in [0, 0.05) is 19.2 Å². The van der Waals surface area contributed by atoms with Crippen LogP contribution < -0.4 is 10.1 Å². The fourth-order valence-corrected chi connectivity index (χ4v) is 2.63. The number of carboxylic acid groups (broad SMARTS) is 1. The Kier molecular flexibility index (Phi) is 7.82. The molecule has 144 valence electrons. The van der Waals surface area contributed by atoms with Gasteiger partial charge in [0.1, 0.15) is 12.4 Å². The van der Waals surface area contributed by atoms with Crippen molar-refractivity contribution in [3.63, 3.8) is 0 Å². The van der Waals surface area contributed by atoms with Crippen molar-refractivity contribution in [1.82, 2.24) is 5.32 Å². The standard InChI is InChI=1S/C21H25NO5/c1-15-4-3-5-16(12-15)13-18(21(24)25)14-22-20(23)17-6-8-19(9-7-17)27-11-10-26-2/h3-9,12,18H,10-11,13-14H2,1-2H3,(H,22,23)(H,24,25).